The largest absolute Gasteiger partial charge is 0.309 e. The van der Waals surface area contributed by atoms with Gasteiger partial charge in [0.1, 0.15) is 0 Å². The highest BCUT2D eigenvalue weighted by molar-refractivity contribution is 7.26. The molecule has 15 aromatic carbocycles. The first-order valence-corrected chi connectivity index (χ1v) is 32.2. The fourth-order valence-electron chi connectivity index (χ4n) is 15.2. The Balaban J connectivity index is 0.737. The van der Waals surface area contributed by atoms with Gasteiger partial charge in [0, 0.05) is 53.7 Å². The van der Waals surface area contributed by atoms with Crippen molar-refractivity contribution in [3.8, 4) is 44.5 Å². The maximum Gasteiger partial charge on any atom is 0.0726 e. The van der Waals surface area contributed by atoms with Crippen LogP contribution in [0.5, 0.6) is 0 Å². The molecule has 0 saturated heterocycles. The lowest BCUT2D eigenvalue weighted by atomic mass is 9.70. The number of nitrogens with zero attached hydrogens (tertiary/aromatic N) is 2. The molecule has 0 amide bonds. The summed E-state index contributed by atoms with van der Waals surface area (Å²) in [7, 11) is 0. The van der Waals surface area contributed by atoms with Gasteiger partial charge >= 0.3 is 0 Å². The van der Waals surface area contributed by atoms with Gasteiger partial charge in [-0.05, 0) is 208 Å². The van der Waals surface area contributed by atoms with E-state index in [9.17, 15) is 0 Å². The van der Waals surface area contributed by atoms with Crippen LogP contribution in [0.15, 0.2) is 315 Å². The molecule has 2 aliphatic carbocycles. The Labute approximate surface area is 523 Å². The molecule has 89 heavy (non-hydrogen) atoms. The van der Waals surface area contributed by atoms with E-state index in [2.05, 4.69) is 325 Å². The van der Waals surface area contributed by atoms with E-state index < -0.39 is 5.41 Å². The van der Waals surface area contributed by atoms with Crippen LogP contribution in [0.1, 0.15) is 22.3 Å². The molecule has 2 aliphatic rings. The van der Waals surface area contributed by atoms with Crippen LogP contribution < -0.4 is 9.80 Å². The molecule has 17 aromatic rings. The third kappa shape index (κ3) is 7.55. The number of hydrogen-bond donors (Lipinski definition) is 0. The molecule has 0 bridgehead atoms. The molecule has 0 atom stereocenters. The first-order chi connectivity index (χ1) is 44.1. The van der Waals surface area contributed by atoms with Gasteiger partial charge in [-0.25, -0.2) is 0 Å². The van der Waals surface area contributed by atoms with E-state index in [-0.39, 0.29) is 0 Å². The summed E-state index contributed by atoms with van der Waals surface area (Å²) in [6, 6.07) is 118. The van der Waals surface area contributed by atoms with Crippen LogP contribution in [0.3, 0.4) is 0 Å². The van der Waals surface area contributed by atoms with Gasteiger partial charge in [-0.3, -0.25) is 0 Å². The zero-order valence-electron chi connectivity index (χ0n) is 48.2. The minimum Gasteiger partial charge on any atom is -0.309 e. The topological polar surface area (TPSA) is 6.48 Å². The molecular formula is C85H52N2S2. The predicted octanol–water partition coefficient (Wildman–Crippen LogP) is 24.5. The van der Waals surface area contributed by atoms with Gasteiger partial charge in [-0.2, -0.15) is 0 Å². The van der Waals surface area contributed by atoms with Gasteiger partial charge in [0.2, 0.25) is 0 Å². The zero-order valence-corrected chi connectivity index (χ0v) is 49.9. The number of fused-ring (bicyclic) bond motifs is 20. The van der Waals surface area contributed by atoms with E-state index in [4.69, 9.17) is 0 Å². The highest BCUT2D eigenvalue weighted by atomic mass is 32.1. The lowest BCUT2D eigenvalue weighted by molar-refractivity contribution is 0.797. The maximum absolute atomic E-state index is 2.55. The molecule has 0 saturated carbocycles. The molecule has 2 heterocycles. The molecule has 414 valence electrons. The van der Waals surface area contributed by atoms with Crippen molar-refractivity contribution in [3.05, 3.63) is 338 Å². The van der Waals surface area contributed by atoms with E-state index in [0.717, 1.165) is 22.7 Å². The maximum atomic E-state index is 2.55. The molecular weight excluding hydrogens is 1110 g/mol. The van der Waals surface area contributed by atoms with Gasteiger partial charge in [-0.1, -0.05) is 206 Å². The molecule has 0 fully saturated rings. The second kappa shape index (κ2) is 19.6. The summed E-state index contributed by atoms with van der Waals surface area (Å²) < 4.78 is 5.17. The number of thiophene rings is 2. The van der Waals surface area contributed by atoms with Crippen LogP contribution >= 0.6 is 22.7 Å². The smallest absolute Gasteiger partial charge is 0.0726 e. The molecule has 1 spiro atoms. The average Bonchev–Trinajstić information content (AvgIpc) is 1.50. The SMILES string of the molecule is c1ccc(N(c2ccc(-c3ccc4cc5c(cc4c3)C3(c4cc6cc(-c7ccc(N(c8ccccc8)c8cccc9c8sc8ccccc89)cc7)ccc6cc4-5)c4ccccc4-c4c3ccc3ccccc43)cc2)c2cccc3c2sc2ccccc23)cc1. The number of hydrogen-bond acceptors (Lipinski definition) is 4. The monoisotopic (exact) mass is 1160 g/mol. The lowest BCUT2D eigenvalue weighted by Crippen LogP contribution is -2.25. The highest BCUT2D eigenvalue weighted by Crippen LogP contribution is 2.65. The molecule has 19 rings (SSSR count). The highest BCUT2D eigenvalue weighted by Gasteiger charge is 2.52. The van der Waals surface area contributed by atoms with Crippen molar-refractivity contribution >= 4 is 129 Å². The molecule has 2 nitrogen and oxygen atoms in total. The van der Waals surface area contributed by atoms with Crippen LogP contribution in [0.25, 0.3) is 117 Å². The van der Waals surface area contributed by atoms with Gasteiger partial charge in [-0.15, -0.1) is 22.7 Å². The molecule has 2 aromatic heterocycles. The van der Waals surface area contributed by atoms with E-state index in [1.165, 1.54) is 151 Å². The minimum atomic E-state index is -0.561. The van der Waals surface area contributed by atoms with Gasteiger partial charge in [0.15, 0.2) is 0 Å². The van der Waals surface area contributed by atoms with Crippen molar-refractivity contribution in [2.24, 2.45) is 0 Å². The van der Waals surface area contributed by atoms with Crippen molar-refractivity contribution in [3.63, 3.8) is 0 Å². The summed E-state index contributed by atoms with van der Waals surface area (Å²) in [6.45, 7) is 0. The van der Waals surface area contributed by atoms with Crippen molar-refractivity contribution in [2.45, 2.75) is 5.41 Å². The molecule has 0 radical (unpaired) electrons. The summed E-state index contributed by atoms with van der Waals surface area (Å²) in [5, 5.41) is 12.6. The van der Waals surface area contributed by atoms with Gasteiger partial charge in [0.25, 0.3) is 0 Å². The fourth-order valence-corrected chi connectivity index (χ4v) is 17.6. The molecule has 0 unspecified atom stereocenters. The lowest BCUT2D eigenvalue weighted by Gasteiger charge is -2.31. The van der Waals surface area contributed by atoms with Crippen molar-refractivity contribution in [1.82, 2.24) is 0 Å². The fraction of sp³-hybridized carbons (Fsp3) is 0.0118. The third-order valence-electron chi connectivity index (χ3n) is 19.2. The van der Waals surface area contributed by atoms with Crippen LogP contribution in [0.2, 0.25) is 0 Å². The second-order valence-corrected chi connectivity index (χ2v) is 26.0. The quantitative estimate of drug-likeness (QED) is 0.150. The predicted molar refractivity (Wildman–Crippen MR) is 381 cm³/mol. The summed E-state index contributed by atoms with van der Waals surface area (Å²) in [4.78, 5) is 4.83. The Morgan fingerprint density at radius 2 is 0.663 bits per heavy atom. The second-order valence-electron chi connectivity index (χ2n) is 23.9. The van der Waals surface area contributed by atoms with E-state index in [1.54, 1.807) is 0 Å². The Morgan fingerprint density at radius 3 is 1.20 bits per heavy atom. The van der Waals surface area contributed by atoms with Crippen LogP contribution in [0.4, 0.5) is 34.1 Å². The minimum absolute atomic E-state index is 0.561. The number of benzene rings is 15. The summed E-state index contributed by atoms with van der Waals surface area (Å²) in [6.07, 6.45) is 0. The Kier molecular flexibility index (Phi) is 11.1. The average molecular weight is 1170 g/mol. The summed E-state index contributed by atoms with van der Waals surface area (Å²) in [5.74, 6) is 0. The summed E-state index contributed by atoms with van der Waals surface area (Å²) in [5.41, 5.74) is 21.6. The Hall–Kier alpha value is -10.9. The third-order valence-corrected chi connectivity index (χ3v) is 21.6. The van der Waals surface area contributed by atoms with Crippen molar-refractivity contribution < 1.29 is 0 Å². The standard InChI is InChI=1S/C85H52N2S2/c1-3-18-62(19-4-1)86(78-29-15-26-69-67-23-10-13-31-80(67)88-83(69)78)64-42-37-53(38-43-64)56-33-35-58-49-72-73-50-59-36-34-57(54-39-44-65(45-40-54)87(63-20-5-2-6-21-63)79-30-16-27-70-68-24-11-14-32-81(68)89-84(70)79)48-61(59)52-77(73)85(76(72)51-60(58)47-56)74-28-12-9-25-71(74)82-66-22-8-7-17-55(66)41-46-75(82)85/h1-52H. The van der Waals surface area contributed by atoms with Crippen LogP contribution in [0, 0.1) is 0 Å². The Bertz CT molecular complexity index is 5450. The normalized spacial score (nSPS) is 12.8. The first kappa shape index (κ1) is 50.3. The zero-order chi connectivity index (χ0) is 58.3. The number of rotatable bonds is 8. The first-order valence-electron chi connectivity index (χ1n) is 30.6. The number of anilines is 6. The van der Waals surface area contributed by atoms with Gasteiger partial charge < -0.3 is 9.80 Å². The van der Waals surface area contributed by atoms with Crippen LogP contribution in [-0.2, 0) is 5.41 Å². The van der Waals surface area contributed by atoms with E-state index in [0.29, 0.717) is 0 Å². The summed E-state index contributed by atoms with van der Waals surface area (Å²) >= 11 is 3.74. The van der Waals surface area contributed by atoms with Crippen LogP contribution in [-0.4, -0.2) is 0 Å². The Morgan fingerprint density at radius 1 is 0.236 bits per heavy atom. The van der Waals surface area contributed by atoms with Gasteiger partial charge in [0.05, 0.1) is 26.2 Å². The van der Waals surface area contributed by atoms with Crippen molar-refractivity contribution in [1.29, 1.82) is 0 Å². The van der Waals surface area contributed by atoms with E-state index in [1.807, 2.05) is 22.7 Å². The van der Waals surface area contributed by atoms with E-state index >= 15 is 0 Å². The molecule has 0 aliphatic heterocycles. The molecule has 4 heteroatoms. The molecule has 0 N–H and O–H groups in total. The number of para-hydroxylation sites is 2. The van der Waals surface area contributed by atoms with Crippen molar-refractivity contribution in [2.75, 3.05) is 9.80 Å².